The van der Waals surface area contributed by atoms with Crippen molar-refractivity contribution in [1.82, 2.24) is 5.32 Å². The van der Waals surface area contributed by atoms with Gasteiger partial charge >= 0.3 is 0 Å². The Balaban J connectivity index is 1.56. The predicted octanol–water partition coefficient (Wildman–Crippen LogP) is 3.13. The molecule has 0 spiro atoms. The van der Waals surface area contributed by atoms with Crippen LogP contribution in [-0.4, -0.2) is 32.4 Å². The lowest BCUT2D eigenvalue weighted by molar-refractivity contribution is 0.0909. The molecule has 2 heterocycles. The normalized spacial score (nSPS) is 16.2. The molecule has 3 rings (SSSR count). The highest BCUT2D eigenvalue weighted by atomic mass is 32.2. The maximum Gasteiger partial charge on any atom is 0.287 e. The van der Waals surface area contributed by atoms with E-state index in [1.54, 1.807) is 24.9 Å². The number of methoxy groups -OCH3 is 1. The number of para-hydroxylation sites is 1. The molecule has 1 atom stereocenters. The molecule has 0 bridgehead atoms. The van der Waals surface area contributed by atoms with E-state index in [1.165, 1.54) is 0 Å². The first-order valence-corrected chi connectivity index (χ1v) is 9.25. The zero-order valence-corrected chi connectivity index (χ0v) is 14.7. The molecule has 0 fully saturated rings. The lowest BCUT2D eigenvalue weighted by Crippen LogP contribution is -2.34. The molecule has 128 valence electrons. The summed E-state index contributed by atoms with van der Waals surface area (Å²) >= 11 is 1.66. The largest absolute Gasteiger partial charge is 0.493 e. The molecule has 0 saturated heterocycles. The van der Waals surface area contributed by atoms with Gasteiger partial charge in [0.25, 0.3) is 5.91 Å². The van der Waals surface area contributed by atoms with Crippen LogP contribution in [0.5, 0.6) is 11.5 Å². The first-order chi connectivity index (χ1) is 11.7. The van der Waals surface area contributed by atoms with Gasteiger partial charge in [0, 0.05) is 12.5 Å². The third-order valence-corrected chi connectivity index (χ3v) is 4.55. The van der Waals surface area contributed by atoms with Crippen molar-refractivity contribution in [3.05, 3.63) is 47.4 Å². The van der Waals surface area contributed by atoms with Gasteiger partial charge in [-0.05, 0) is 36.4 Å². The molecule has 2 aromatic rings. The summed E-state index contributed by atoms with van der Waals surface area (Å²) in [5, 5.41) is 2.93. The number of rotatable bonds is 6. The summed E-state index contributed by atoms with van der Waals surface area (Å²) < 4.78 is 16.7. The summed E-state index contributed by atoms with van der Waals surface area (Å²) in [6.07, 6.45) is 2.85. The van der Waals surface area contributed by atoms with Gasteiger partial charge in [0.2, 0.25) is 0 Å². The highest BCUT2D eigenvalue weighted by Gasteiger charge is 2.23. The second-order valence-electron chi connectivity index (χ2n) is 5.74. The van der Waals surface area contributed by atoms with Crippen LogP contribution in [0.3, 0.4) is 0 Å². The maximum absolute atomic E-state index is 12.2. The molecule has 1 aliphatic heterocycles. The van der Waals surface area contributed by atoms with Gasteiger partial charge in [-0.3, -0.25) is 4.79 Å². The summed E-state index contributed by atoms with van der Waals surface area (Å²) in [6, 6.07) is 9.45. The molecule has 24 heavy (non-hydrogen) atoms. The average Bonchev–Trinajstić information content (AvgIpc) is 3.08. The second-order valence-corrected chi connectivity index (χ2v) is 6.60. The van der Waals surface area contributed by atoms with Crippen molar-refractivity contribution in [3.8, 4) is 11.5 Å². The van der Waals surface area contributed by atoms with Crippen molar-refractivity contribution in [1.29, 1.82) is 0 Å². The Morgan fingerprint density at radius 3 is 3.04 bits per heavy atom. The van der Waals surface area contributed by atoms with E-state index in [4.69, 9.17) is 13.9 Å². The first kappa shape index (κ1) is 16.8. The van der Waals surface area contributed by atoms with E-state index in [1.807, 2.05) is 30.5 Å². The molecule has 1 N–H and O–H groups in total. The van der Waals surface area contributed by atoms with Crippen LogP contribution in [0.1, 0.15) is 21.9 Å². The quantitative estimate of drug-likeness (QED) is 0.870. The lowest BCUT2D eigenvalue weighted by Gasteiger charge is -2.26. The minimum absolute atomic E-state index is 0.182. The predicted molar refractivity (Wildman–Crippen MR) is 93.9 cm³/mol. The lowest BCUT2D eigenvalue weighted by atomic mass is 9.96. The highest BCUT2D eigenvalue weighted by molar-refractivity contribution is 7.97. The van der Waals surface area contributed by atoms with Crippen LogP contribution in [0.2, 0.25) is 0 Å². The Labute approximate surface area is 145 Å². The monoisotopic (exact) mass is 347 g/mol. The van der Waals surface area contributed by atoms with Gasteiger partial charge in [-0.15, -0.1) is 0 Å². The van der Waals surface area contributed by atoms with E-state index in [2.05, 4.69) is 5.32 Å². The van der Waals surface area contributed by atoms with Gasteiger partial charge in [-0.2, -0.15) is 11.8 Å². The number of hydrogen-bond acceptors (Lipinski definition) is 5. The van der Waals surface area contributed by atoms with E-state index < -0.39 is 0 Å². The van der Waals surface area contributed by atoms with Crippen molar-refractivity contribution in [2.24, 2.45) is 5.92 Å². The van der Waals surface area contributed by atoms with Crippen molar-refractivity contribution >= 4 is 17.7 Å². The van der Waals surface area contributed by atoms with Gasteiger partial charge in [0.15, 0.2) is 17.3 Å². The van der Waals surface area contributed by atoms with Gasteiger partial charge in [-0.25, -0.2) is 0 Å². The van der Waals surface area contributed by atoms with Crippen LogP contribution in [0.15, 0.2) is 34.7 Å². The molecule has 0 aliphatic carbocycles. The summed E-state index contributed by atoms with van der Waals surface area (Å²) in [7, 11) is 1.64. The standard InChI is InChI=1S/C18H21NO4S/c1-21-15-5-3-4-13-8-12(10-22-17(13)15)9-19-18(20)16-7-6-14(23-16)11-24-2/h3-7,12H,8-11H2,1-2H3,(H,19,20). The topological polar surface area (TPSA) is 60.7 Å². The number of furan rings is 1. The van der Waals surface area contributed by atoms with Crippen LogP contribution in [0.4, 0.5) is 0 Å². The Hall–Kier alpha value is -2.08. The fraction of sp³-hybridized carbons (Fsp3) is 0.389. The Morgan fingerprint density at radius 2 is 2.25 bits per heavy atom. The molecule has 6 heteroatoms. The van der Waals surface area contributed by atoms with Crippen molar-refractivity contribution in [2.45, 2.75) is 12.2 Å². The van der Waals surface area contributed by atoms with E-state index in [-0.39, 0.29) is 11.8 Å². The molecular formula is C18H21NO4S. The van der Waals surface area contributed by atoms with Crippen LogP contribution < -0.4 is 14.8 Å². The molecule has 0 saturated carbocycles. The van der Waals surface area contributed by atoms with Crippen LogP contribution in [0, 0.1) is 5.92 Å². The Kier molecular flexibility index (Phi) is 5.35. The molecule has 1 aromatic heterocycles. The number of nitrogens with one attached hydrogen (secondary N) is 1. The number of amides is 1. The van der Waals surface area contributed by atoms with E-state index in [0.29, 0.717) is 18.9 Å². The SMILES string of the molecule is COc1cccc2c1OCC(CNC(=O)c1ccc(CSC)o1)C2. The van der Waals surface area contributed by atoms with Crippen LogP contribution in [0.25, 0.3) is 0 Å². The summed E-state index contributed by atoms with van der Waals surface area (Å²) in [5.74, 6) is 3.56. The number of fused-ring (bicyclic) bond motifs is 1. The van der Waals surface area contributed by atoms with Crippen LogP contribution in [-0.2, 0) is 12.2 Å². The Bertz CT molecular complexity index is 713. The third-order valence-electron chi connectivity index (χ3n) is 3.98. The fourth-order valence-electron chi connectivity index (χ4n) is 2.79. The molecule has 1 aliphatic rings. The number of ether oxygens (including phenoxy) is 2. The van der Waals surface area contributed by atoms with Crippen molar-refractivity contribution < 1.29 is 18.7 Å². The van der Waals surface area contributed by atoms with Crippen molar-refractivity contribution in [3.63, 3.8) is 0 Å². The second kappa shape index (κ2) is 7.66. The number of carbonyl (C=O) groups excluding carboxylic acids is 1. The first-order valence-electron chi connectivity index (χ1n) is 7.85. The maximum atomic E-state index is 12.2. The van der Waals surface area contributed by atoms with Crippen molar-refractivity contribution in [2.75, 3.05) is 26.5 Å². The zero-order valence-electron chi connectivity index (χ0n) is 13.8. The zero-order chi connectivity index (χ0) is 16.9. The van der Waals surface area contributed by atoms with E-state index in [0.717, 1.165) is 35.0 Å². The molecule has 5 nitrogen and oxygen atoms in total. The average molecular weight is 347 g/mol. The minimum atomic E-state index is -0.182. The number of carbonyl (C=O) groups is 1. The summed E-state index contributed by atoms with van der Waals surface area (Å²) in [4.78, 5) is 12.2. The molecule has 1 amide bonds. The Morgan fingerprint density at radius 1 is 1.38 bits per heavy atom. The number of thioether (sulfide) groups is 1. The molecular weight excluding hydrogens is 326 g/mol. The smallest absolute Gasteiger partial charge is 0.287 e. The highest BCUT2D eigenvalue weighted by Crippen LogP contribution is 2.35. The van der Waals surface area contributed by atoms with Gasteiger partial charge in [0.1, 0.15) is 5.76 Å². The van der Waals surface area contributed by atoms with Crippen LogP contribution >= 0.6 is 11.8 Å². The third kappa shape index (κ3) is 3.70. The molecule has 1 aromatic carbocycles. The van der Waals surface area contributed by atoms with Gasteiger partial charge in [-0.1, -0.05) is 12.1 Å². The fourth-order valence-corrected chi connectivity index (χ4v) is 3.23. The number of benzene rings is 1. The van der Waals surface area contributed by atoms with Gasteiger partial charge < -0.3 is 19.2 Å². The summed E-state index contributed by atoms with van der Waals surface area (Å²) in [6.45, 7) is 1.11. The minimum Gasteiger partial charge on any atom is -0.493 e. The summed E-state index contributed by atoms with van der Waals surface area (Å²) in [5.41, 5.74) is 1.11. The molecule has 1 unspecified atom stereocenters. The van der Waals surface area contributed by atoms with E-state index in [9.17, 15) is 4.79 Å². The van der Waals surface area contributed by atoms with Gasteiger partial charge in [0.05, 0.1) is 19.5 Å². The molecule has 0 radical (unpaired) electrons. The van der Waals surface area contributed by atoms with E-state index >= 15 is 0 Å². The number of hydrogen-bond donors (Lipinski definition) is 1.